The summed E-state index contributed by atoms with van der Waals surface area (Å²) in [4.78, 5) is 3.90. The Kier molecular flexibility index (Phi) is 3.43. The first-order chi connectivity index (χ1) is 6.54. The van der Waals surface area contributed by atoms with E-state index in [2.05, 4.69) is 4.98 Å². The van der Waals surface area contributed by atoms with Crippen molar-refractivity contribution in [3.63, 3.8) is 0 Å². The van der Waals surface area contributed by atoms with Crippen molar-refractivity contribution in [3.8, 4) is 5.75 Å². The maximum absolute atomic E-state index is 9.79. The maximum atomic E-state index is 9.79. The lowest BCUT2D eigenvalue weighted by Crippen LogP contribution is -2.33. The van der Waals surface area contributed by atoms with Crippen molar-refractivity contribution in [2.24, 2.45) is 11.7 Å². The molecule has 0 aliphatic heterocycles. The van der Waals surface area contributed by atoms with Gasteiger partial charge >= 0.3 is 0 Å². The monoisotopic (exact) mass is 196 g/mol. The Balaban J connectivity index is 2.89. The molecule has 4 heteroatoms. The molecule has 0 aliphatic carbocycles. The summed E-state index contributed by atoms with van der Waals surface area (Å²) in [5, 5.41) is 19.2. The topological polar surface area (TPSA) is 79.4 Å². The largest absolute Gasteiger partial charge is 0.506 e. The second-order valence-electron chi connectivity index (χ2n) is 3.67. The molecule has 2 atom stereocenters. The molecule has 4 nitrogen and oxygen atoms in total. The number of rotatable bonds is 3. The average molecular weight is 196 g/mol. The third-order valence-electron chi connectivity index (χ3n) is 2.23. The van der Waals surface area contributed by atoms with Crippen molar-refractivity contribution >= 4 is 0 Å². The van der Waals surface area contributed by atoms with Crippen molar-refractivity contribution in [1.29, 1.82) is 0 Å². The van der Waals surface area contributed by atoms with Crippen LogP contribution in [0.3, 0.4) is 0 Å². The van der Waals surface area contributed by atoms with Crippen molar-refractivity contribution in [1.82, 2.24) is 4.98 Å². The van der Waals surface area contributed by atoms with Crippen molar-refractivity contribution in [2.75, 3.05) is 0 Å². The fourth-order valence-electron chi connectivity index (χ4n) is 1.18. The van der Waals surface area contributed by atoms with Gasteiger partial charge in [-0.2, -0.15) is 0 Å². The molecule has 0 bridgehead atoms. The van der Waals surface area contributed by atoms with Gasteiger partial charge in [-0.25, -0.2) is 0 Å². The van der Waals surface area contributed by atoms with Crippen LogP contribution in [0, 0.1) is 5.92 Å². The lowest BCUT2D eigenvalue weighted by Gasteiger charge is -2.21. The highest BCUT2D eigenvalue weighted by Gasteiger charge is 2.23. The molecule has 1 heterocycles. The predicted molar refractivity (Wildman–Crippen MR) is 53.7 cm³/mol. The molecule has 0 fully saturated rings. The molecule has 78 valence electrons. The Labute approximate surface area is 83.4 Å². The van der Waals surface area contributed by atoms with Crippen LogP contribution in [0.2, 0.25) is 0 Å². The lowest BCUT2D eigenvalue weighted by molar-refractivity contribution is 0.118. The lowest BCUT2D eigenvalue weighted by atomic mass is 9.97. The van der Waals surface area contributed by atoms with Gasteiger partial charge in [0.25, 0.3) is 0 Å². The van der Waals surface area contributed by atoms with Gasteiger partial charge in [0.1, 0.15) is 17.5 Å². The third kappa shape index (κ3) is 2.21. The molecule has 0 aliphatic rings. The molecule has 1 rings (SSSR count). The van der Waals surface area contributed by atoms with E-state index in [0.29, 0.717) is 0 Å². The Hall–Kier alpha value is -1.13. The molecule has 2 unspecified atom stereocenters. The van der Waals surface area contributed by atoms with Gasteiger partial charge in [-0.3, -0.25) is 4.98 Å². The second-order valence-corrected chi connectivity index (χ2v) is 3.67. The summed E-state index contributed by atoms with van der Waals surface area (Å²) in [5.74, 6) is 0.113. The molecule has 0 amide bonds. The van der Waals surface area contributed by atoms with Gasteiger partial charge in [0.05, 0.1) is 0 Å². The number of hydrogen-bond donors (Lipinski definition) is 3. The number of aliphatic hydroxyl groups is 1. The number of nitrogens with two attached hydrogens (primary N) is 1. The van der Waals surface area contributed by atoms with Crippen LogP contribution in [0.5, 0.6) is 5.75 Å². The SMILES string of the molecule is CC(C)C(N)C(O)c1ncccc1O. The summed E-state index contributed by atoms with van der Waals surface area (Å²) < 4.78 is 0. The standard InChI is InChI=1S/C10H16N2O2/c1-6(2)8(11)10(14)9-7(13)4-3-5-12-9/h3-6,8,10,13-14H,11H2,1-2H3. The molecular formula is C10H16N2O2. The Morgan fingerprint density at radius 1 is 1.43 bits per heavy atom. The molecular weight excluding hydrogens is 180 g/mol. The number of nitrogens with zero attached hydrogens (tertiary/aromatic N) is 1. The van der Waals surface area contributed by atoms with Crippen molar-refractivity contribution in [3.05, 3.63) is 24.0 Å². The molecule has 0 aromatic carbocycles. The van der Waals surface area contributed by atoms with Crippen LogP contribution in [0.25, 0.3) is 0 Å². The number of aromatic hydroxyl groups is 1. The zero-order valence-corrected chi connectivity index (χ0v) is 8.38. The van der Waals surface area contributed by atoms with Crippen LogP contribution >= 0.6 is 0 Å². The smallest absolute Gasteiger partial charge is 0.139 e. The summed E-state index contributed by atoms with van der Waals surface area (Å²) in [7, 11) is 0. The molecule has 0 spiro atoms. The van der Waals surface area contributed by atoms with E-state index in [-0.39, 0.29) is 17.4 Å². The van der Waals surface area contributed by atoms with E-state index in [1.807, 2.05) is 13.8 Å². The normalized spacial score (nSPS) is 15.5. The van der Waals surface area contributed by atoms with Gasteiger partial charge in [-0.1, -0.05) is 13.8 Å². The highest BCUT2D eigenvalue weighted by atomic mass is 16.3. The van der Waals surface area contributed by atoms with E-state index in [0.717, 1.165) is 0 Å². The first kappa shape index (κ1) is 10.9. The first-order valence-electron chi connectivity index (χ1n) is 4.61. The Morgan fingerprint density at radius 2 is 2.07 bits per heavy atom. The highest BCUT2D eigenvalue weighted by Crippen LogP contribution is 2.25. The van der Waals surface area contributed by atoms with Gasteiger partial charge < -0.3 is 15.9 Å². The molecule has 0 radical (unpaired) electrons. The van der Waals surface area contributed by atoms with Crippen LogP contribution in [0.1, 0.15) is 25.6 Å². The quantitative estimate of drug-likeness (QED) is 0.668. The minimum Gasteiger partial charge on any atom is -0.506 e. The number of hydrogen-bond acceptors (Lipinski definition) is 4. The van der Waals surface area contributed by atoms with E-state index < -0.39 is 12.1 Å². The van der Waals surface area contributed by atoms with E-state index in [4.69, 9.17) is 5.73 Å². The fraction of sp³-hybridized carbons (Fsp3) is 0.500. The second kappa shape index (κ2) is 4.39. The van der Waals surface area contributed by atoms with Crippen LogP contribution in [-0.2, 0) is 0 Å². The van der Waals surface area contributed by atoms with Gasteiger partial charge in [-0.15, -0.1) is 0 Å². The third-order valence-corrected chi connectivity index (χ3v) is 2.23. The first-order valence-corrected chi connectivity index (χ1v) is 4.61. The summed E-state index contributed by atoms with van der Waals surface area (Å²) in [6, 6.07) is 2.67. The number of aliphatic hydroxyl groups excluding tert-OH is 1. The number of pyridine rings is 1. The molecule has 14 heavy (non-hydrogen) atoms. The van der Waals surface area contributed by atoms with E-state index in [9.17, 15) is 10.2 Å². The molecule has 4 N–H and O–H groups in total. The minimum absolute atomic E-state index is 0.0175. The van der Waals surface area contributed by atoms with Crippen LogP contribution in [-0.4, -0.2) is 21.2 Å². The van der Waals surface area contributed by atoms with Gasteiger partial charge in [0, 0.05) is 12.2 Å². The van der Waals surface area contributed by atoms with Crippen LogP contribution in [0.15, 0.2) is 18.3 Å². The summed E-state index contributed by atoms with van der Waals surface area (Å²) >= 11 is 0. The summed E-state index contributed by atoms with van der Waals surface area (Å²) in [5.41, 5.74) is 6.00. The predicted octanol–water partition coefficient (Wildman–Crippen LogP) is 0.804. The van der Waals surface area contributed by atoms with Gasteiger partial charge in [0.15, 0.2) is 0 Å². The Morgan fingerprint density at radius 3 is 2.57 bits per heavy atom. The average Bonchev–Trinajstić information content (AvgIpc) is 2.16. The molecule has 1 aromatic heterocycles. The van der Waals surface area contributed by atoms with Gasteiger partial charge in [0.2, 0.25) is 0 Å². The molecule has 0 saturated carbocycles. The van der Waals surface area contributed by atoms with E-state index in [1.165, 1.54) is 12.3 Å². The van der Waals surface area contributed by atoms with Crippen molar-refractivity contribution in [2.45, 2.75) is 26.0 Å². The van der Waals surface area contributed by atoms with Crippen LogP contribution < -0.4 is 5.73 Å². The van der Waals surface area contributed by atoms with Gasteiger partial charge in [-0.05, 0) is 18.1 Å². The highest BCUT2D eigenvalue weighted by molar-refractivity contribution is 5.27. The number of aromatic nitrogens is 1. The van der Waals surface area contributed by atoms with Crippen molar-refractivity contribution < 1.29 is 10.2 Å². The summed E-state index contributed by atoms with van der Waals surface area (Å²) in [6.45, 7) is 3.82. The van der Waals surface area contributed by atoms with E-state index in [1.54, 1.807) is 6.07 Å². The maximum Gasteiger partial charge on any atom is 0.139 e. The molecule has 0 saturated heterocycles. The fourth-order valence-corrected chi connectivity index (χ4v) is 1.18. The van der Waals surface area contributed by atoms with E-state index >= 15 is 0 Å². The summed E-state index contributed by atoms with van der Waals surface area (Å²) in [6.07, 6.45) is 0.599. The zero-order chi connectivity index (χ0) is 10.7. The van der Waals surface area contributed by atoms with Crippen LogP contribution in [0.4, 0.5) is 0 Å². The Bertz CT molecular complexity index is 302. The minimum atomic E-state index is -0.920. The zero-order valence-electron chi connectivity index (χ0n) is 8.38. The molecule has 1 aromatic rings.